The van der Waals surface area contributed by atoms with Gasteiger partial charge in [-0.05, 0) is 63.1 Å². The lowest BCUT2D eigenvalue weighted by molar-refractivity contribution is 0.103. The first-order chi connectivity index (χ1) is 9.88. The highest BCUT2D eigenvalue weighted by Gasteiger charge is 2.13. The SMILES string of the molecule is Cc1cc(C(=O)c2cccc(OC(C)C)c2)cc(C)c1Br. The Morgan fingerprint density at radius 1 is 1.05 bits per heavy atom. The summed E-state index contributed by atoms with van der Waals surface area (Å²) in [6, 6.07) is 11.2. The highest BCUT2D eigenvalue weighted by Crippen LogP contribution is 2.25. The third-order valence-electron chi connectivity index (χ3n) is 3.17. The van der Waals surface area contributed by atoms with Gasteiger partial charge in [-0.25, -0.2) is 0 Å². The maximum absolute atomic E-state index is 12.6. The lowest BCUT2D eigenvalue weighted by atomic mass is 9.99. The van der Waals surface area contributed by atoms with E-state index in [2.05, 4.69) is 15.9 Å². The molecule has 0 aliphatic heterocycles. The molecule has 2 aromatic carbocycles. The molecule has 0 aromatic heterocycles. The molecule has 0 saturated heterocycles. The van der Waals surface area contributed by atoms with Crippen molar-refractivity contribution in [2.45, 2.75) is 33.8 Å². The van der Waals surface area contributed by atoms with Crippen LogP contribution in [-0.4, -0.2) is 11.9 Å². The molecule has 0 atom stereocenters. The van der Waals surface area contributed by atoms with Crippen LogP contribution in [0.1, 0.15) is 40.9 Å². The second kappa shape index (κ2) is 6.44. The zero-order valence-corrected chi connectivity index (χ0v) is 14.3. The van der Waals surface area contributed by atoms with Gasteiger partial charge in [0.1, 0.15) is 5.75 Å². The molecule has 0 spiro atoms. The van der Waals surface area contributed by atoms with E-state index in [1.165, 1.54) is 0 Å². The first-order valence-corrected chi connectivity index (χ1v) is 7.76. The molecule has 0 fully saturated rings. The van der Waals surface area contributed by atoms with Crippen LogP contribution in [0.3, 0.4) is 0 Å². The van der Waals surface area contributed by atoms with Crippen molar-refractivity contribution in [1.29, 1.82) is 0 Å². The molecule has 0 saturated carbocycles. The van der Waals surface area contributed by atoms with Crippen LogP contribution in [0.2, 0.25) is 0 Å². The van der Waals surface area contributed by atoms with Crippen molar-refractivity contribution in [3.05, 3.63) is 63.1 Å². The Morgan fingerprint density at radius 3 is 2.24 bits per heavy atom. The summed E-state index contributed by atoms with van der Waals surface area (Å²) >= 11 is 3.53. The molecule has 0 amide bonds. The second-order valence-electron chi connectivity index (χ2n) is 5.45. The summed E-state index contributed by atoms with van der Waals surface area (Å²) in [7, 11) is 0. The summed E-state index contributed by atoms with van der Waals surface area (Å²) in [5, 5.41) is 0. The summed E-state index contributed by atoms with van der Waals surface area (Å²) in [5.74, 6) is 0.740. The molecule has 2 rings (SSSR count). The van der Waals surface area contributed by atoms with Gasteiger partial charge in [-0.1, -0.05) is 28.1 Å². The monoisotopic (exact) mass is 346 g/mol. The Balaban J connectivity index is 2.36. The van der Waals surface area contributed by atoms with Gasteiger partial charge >= 0.3 is 0 Å². The number of aryl methyl sites for hydroxylation is 2. The Morgan fingerprint density at radius 2 is 1.67 bits per heavy atom. The Bertz CT molecular complexity index is 652. The van der Waals surface area contributed by atoms with Crippen LogP contribution in [-0.2, 0) is 0 Å². The summed E-state index contributed by atoms with van der Waals surface area (Å²) in [5.41, 5.74) is 3.48. The molecule has 110 valence electrons. The van der Waals surface area contributed by atoms with Crippen molar-refractivity contribution in [3.63, 3.8) is 0 Å². The maximum atomic E-state index is 12.6. The number of benzene rings is 2. The molecule has 0 N–H and O–H groups in total. The van der Waals surface area contributed by atoms with E-state index in [-0.39, 0.29) is 11.9 Å². The van der Waals surface area contributed by atoms with E-state index in [0.717, 1.165) is 21.3 Å². The van der Waals surface area contributed by atoms with Crippen LogP contribution in [0.15, 0.2) is 40.9 Å². The molecule has 2 nitrogen and oxygen atoms in total. The summed E-state index contributed by atoms with van der Waals surface area (Å²) in [6.45, 7) is 7.92. The molecule has 0 aliphatic carbocycles. The van der Waals surface area contributed by atoms with Crippen molar-refractivity contribution < 1.29 is 9.53 Å². The smallest absolute Gasteiger partial charge is 0.193 e. The van der Waals surface area contributed by atoms with Crippen LogP contribution in [0.4, 0.5) is 0 Å². The second-order valence-corrected chi connectivity index (χ2v) is 6.24. The van der Waals surface area contributed by atoms with Crippen LogP contribution < -0.4 is 4.74 Å². The van der Waals surface area contributed by atoms with Crippen molar-refractivity contribution in [3.8, 4) is 5.75 Å². The minimum atomic E-state index is 0.0166. The zero-order valence-electron chi connectivity index (χ0n) is 12.7. The third kappa shape index (κ3) is 3.73. The van der Waals surface area contributed by atoms with E-state index < -0.39 is 0 Å². The quantitative estimate of drug-likeness (QED) is 0.721. The van der Waals surface area contributed by atoms with Gasteiger partial charge in [-0.3, -0.25) is 4.79 Å². The lowest BCUT2D eigenvalue weighted by Gasteiger charge is -2.11. The predicted molar refractivity (Wildman–Crippen MR) is 89.3 cm³/mol. The normalized spacial score (nSPS) is 10.8. The van der Waals surface area contributed by atoms with Crippen molar-refractivity contribution in [2.75, 3.05) is 0 Å². The first kappa shape index (κ1) is 15.8. The van der Waals surface area contributed by atoms with Gasteiger partial charge in [-0.2, -0.15) is 0 Å². The third-order valence-corrected chi connectivity index (χ3v) is 4.42. The lowest BCUT2D eigenvalue weighted by Crippen LogP contribution is -2.07. The van der Waals surface area contributed by atoms with Crippen LogP contribution in [0.25, 0.3) is 0 Å². The summed E-state index contributed by atoms with van der Waals surface area (Å²) in [4.78, 5) is 12.6. The molecule has 21 heavy (non-hydrogen) atoms. The van der Waals surface area contributed by atoms with Gasteiger partial charge in [0.15, 0.2) is 5.78 Å². The molecule has 0 unspecified atom stereocenters. The topological polar surface area (TPSA) is 26.3 Å². The molecule has 0 aliphatic rings. The number of halogens is 1. The largest absolute Gasteiger partial charge is 0.491 e. The van der Waals surface area contributed by atoms with E-state index in [0.29, 0.717) is 11.1 Å². The minimum Gasteiger partial charge on any atom is -0.491 e. The van der Waals surface area contributed by atoms with Crippen LogP contribution in [0.5, 0.6) is 5.75 Å². The number of hydrogen-bond donors (Lipinski definition) is 0. The Hall–Kier alpha value is -1.61. The van der Waals surface area contributed by atoms with E-state index in [1.807, 2.05) is 58.0 Å². The molecule has 2 aromatic rings. The van der Waals surface area contributed by atoms with Gasteiger partial charge in [0.05, 0.1) is 6.10 Å². The molecule has 0 heterocycles. The number of hydrogen-bond acceptors (Lipinski definition) is 2. The highest BCUT2D eigenvalue weighted by atomic mass is 79.9. The van der Waals surface area contributed by atoms with E-state index in [9.17, 15) is 4.79 Å². The Labute approximate surface area is 134 Å². The van der Waals surface area contributed by atoms with E-state index >= 15 is 0 Å². The van der Waals surface area contributed by atoms with Gasteiger partial charge in [0.2, 0.25) is 0 Å². The number of ketones is 1. The van der Waals surface area contributed by atoms with Crippen molar-refractivity contribution >= 4 is 21.7 Å². The number of carbonyl (C=O) groups is 1. The van der Waals surface area contributed by atoms with Crippen LogP contribution in [0, 0.1) is 13.8 Å². The van der Waals surface area contributed by atoms with Gasteiger partial charge in [0, 0.05) is 15.6 Å². The number of ether oxygens (including phenoxy) is 1. The van der Waals surface area contributed by atoms with E-state index in [1.54, 1.807) is 6.07 Å². The fourth-order valence-electron chi connectivity index (χ4n) is 2.23. The molecule has 0 bridgehead atoms. The van der Waals surface area contributed by atoms with Crippen molar-refractivity contribution in [1.82, 2.24) is 0 Å². The average molecular weight is 347 g/mol. The summed E-state index contributed by atoms with van der Waals surface area (Å²) < 4.78 is 6.70. The highest BCUT2D eigenvalue weighted by molar-refractivity contribution is 9.10. The average Bonchev–Trinajstić information content (AvgIpc) is 2.43. The summed E-state index contributed by atoms with van der Waals surface area (Å²) in [6.07, 6.45) is 0.0903. The van der Waals surface area contributed by atoms with Crippen molar-refractivity contribution in [2.24, 2.45) is 0 Å². The van der Waals surface area contributed by atoms with Gasteiger partial charge in [0.25, 0.3) is 0 Å². The predicted octanol–water partition coefficient (Wildman–Crippen LogP) is 5.08. The molecular weight excluding hydrogens is 328 g/mol. The number of carbonyl (C=O) groups excluding carboxylic acids is 1. The standard InChI is InChI=1S/C18H19BrO2/c1-11(2)21-16-7-5-6-14(10-16)18(20)15-8-12(3)17(19)13(4)9-15/h5-11H,1-4H3. The molecule has 0 radical (unpaired) electrons. The molecular formula is C18H19BrO2. The van der Waals surface area contributed by atoms with Gasteiger partial charge in [-0.15, -0.1) is 0 Å². The Kier molecular flexibility index (Phi) is 4.84. The van der Waals surface area contributed by atoms with E-state index in [4.69, 9.17) is 4.74 Å². The molecule has 3 heteroatoms. The maximum Gasteiger partial charge on any atom is 0.193 e. The fourth-order valence-corrected chi connectivity index (χ4v) is 2.46. The zero-order chi connectivity index (χ0) is 15.6. The minimum absolute atomic E-state index is 0.0166. The van der Waals surface area contributed by atoms with Gasteiger partial charge < -0.3 is 4.74 Å². The fraction of sp³-hybridized carbons (Fsp3) is 0.278. The first-order valence-electron chi connectivity index (χ1n) is 6.96. The number of rotatable bonds is 4. The van der Waals surface area contributed by atoms with Crippen LogP contribution >= 0.6 is 15.9 Å².